The van der Waals surface area contributed by atoms with E-state index >= 15 is 0 Å². The molecule has 0 aromatic carbocycles. The molecular weight excluding hydrogens is 230 g/mol. The van der Waals surface area contributed by atoms with Gasteiger partial charge in [-0.3, -0.25) is 5.73 Å². The fourth-order valence-electron chi connectivity index (χ4n) is 2.34. The van der Waals surface area contributed by atoms with E-state index in [2.05, 4.69) is 19.1 Å². The van der Waals surface area contributed by atoms with Crippen LogP contribution in [0.5, 0.6) is 0 Å². The van der Waals surface area contributed by atoms with E-state index in [0.29, 0.717) is 0 Å². The first kappa shape index (κ1) is 18.7. The van der Waals surface area contributed by atoms with Crippen LogP contribution >= 0.6 is 0 Å². The molecule has 0 aromatic heterocycles. The molecule has 0 rings (SSSR count). The van der Waals surface area contributed by atoms with Gasteiger partial charge in [0.05, 0.1) is 0 Å². The maximum absolute atomic E-state index is 7.43. The van der Waals surface area contributed by atoms with Crippen molar-refractivity contribution in [1.29, 1.82) is 0 Å². The van der Waals surface area contributed by atoms with Gasteiger partial charge in [-0.05, 0) is 39.0 Å². The molecule has 1 radical (unpaired) electrons. The summed E-state index contributed by atoms with van der Waals surface area (Å²) in [6, 6.07) is 0.136. The van der Waals surface area contributed by atoms with Crippen LogP contribution < -0.4 is 5.73 Å². The number of allylic oxidation sites excluding steroid dienone is 2. The van der Waals surface area contributed by atoms with Crippen molar-refractivity contribution >= 4 is 0 Å². The molecule has 0 saturated carbocycles. The summed E-state index contributed by atoms with van der Waals surface area (Å²) in [5, 5.41) is 0. The van der Waals surface area contributed by atoms with Crippen molar-refractivity contribution in [2.24, 2.45) is 0 Å². The Kier molecular flexibility index (Phi) is 15.5. The van der Waals surface area contributed by atoms with E-state index in [1.807, 2.05) is 6.92 Å². The molecular formula is C18H36N. The lowest BCUT2D eigenvalue weighted by atomic mass is 10.1. The quantitative estimate of drug-likeness (QED) is 0.260. The lowest BCUT2D eigenvalue weighted by Crippen LogP contribution is -2.00. The Morgan fingerprint density at radius 1 is 0.737 bits per heavy atom. The average molecular weight is 266 g/mol. The Morgan fingerprint density at radius 2 is 1.21 bits per heavy atom. The van der Waals surface area contributed by atoms with Gasteiger partial charge in [0.25, 0.3) is 0 Å². The third-order valence-electron chi connectivity index (χ3n) is 3.65. The minimum absolute atomic E-state index is 0.136. The number of hydrogen-bond acceptors (Lipinski definition) is 0. The maximum atomic E-state index is 7.43. The molecule has 0 aliphatic heterocycles. The Bertz CT molecular complexity index is 184. The van der Waals surface area contributed by atoms with Crippen LogP contribution in [0.4, 0.5) is 0 Å². The summed E-state index contributed by atoms with van der Waals surface area (Å²) in [5.74, 6) is 0. The second-order valence-electron chi connectivity index (χ2n) is 5.92. The molecule has 0 spiro atoms. The third-order valence-corrected chi connectivity index (χ3v) is 3.65. The van der Waals surface area contributed by atoms with Crippen LogP contribution in [-0.4, -0.2) is 6.04 Å². The summed E-state index contributed by atoms with van der Waals surface area (Å²) in [6.07, 6.45) is 22.0. The molecule has 1 nitrogen and oxygen atoms in total. The van der Waals surface area contributed by atoms with Crippen molar-refractivity contribution in [2.45, 2.75) is 103 Å². The van der Waals surface area contributed by atoms with Crippen molar-refractivity contribution in [2.75, 3.05) is 0 Å². The summed E-state index contributed by atoms with van der Waals surface area (Å²) in [6.45, 7) is 4.27. The van der Waals surface area contributed by atoms with Gasteiger partial charge in [-0.2, -0.15) is 0 Å². The Labute approximate surface area is 122 Å². The maximum Gasteiger partial charge on any atom is 0.0184 e. The predicted octanol–water partition coefficient (Wildman–Crippen LogP) is 6.31. The summed E-state index contributed by atoms with van der Waals surface area (Å²) in [5.41, 5.74) is 7.43. The van der Waals surface area contributed by atoms with Crippen LogP contribution in [0.3, 0.4) is 0 Å². The van der Waals surface area contributed by atoms with Gasteiger partial charge in [-0.1, -0.05) is 70.4 Å². The molecule has 0 aliphatic carbocycles. The second-order valence-corrected chi connectivity index (χ2v) is 5.92. The van der Waals surface area contributed by atoms with E-state index < -0.39 is 0 Å². The van der Waals surface area contributed by atoms with Crippen molar-refractivity contribution in [3.63, 3.8) is 0 Å². The topological polar surface area (TPSA) is 23.8 Å². The number of nitrogens with one attached hydrogen (secondary N) is 1. The monoisotopic (exact) mass is 266 g/mol. The predicted molar refractivity (Wildman–Crippen MR) is 87.4 cm³/mol. The van der Waals surface area contributed by atoms with Gasteiger partial charge in [0.1, 0.15) is 0 Å². The minimum atomic E-state index is 0.136. The normalized spacial score (nSPS) is 13.2. The third kappa shape index (κ3) is 17.7. The molecule has 0 bridgehead atoms. The molecule has 0 saturated heterocycles. The van der Waals surface area contributed by atoms with E-state index in [1.54, 1.807) is 0 Å². The van der Waals surface area contributed by atoms with E-state index in [-0.39, 0.29) is 6.04 Å². The highest BCUT2D eigenvalue weighted by Gasteiger charge is 1.94. The molecule has 0 aliphatic rings. The first-order valence-electron chi connectivity index (χ1n) is 8.63. The van der Waals surface area contributed by atoms with Gasteiger partial charge < -0.3 is 0 Å². The molecule has 0 amide bonds. The second kappa shape index (κ2) is 15.8. The summed E-state index contributed by atoms with van der Waals surface area (Å²) >= 11 is 0. The van der Waals surface area contributed by atoms with Gasteiger partial charge in [-0.15, -0.1) is 0 Å². The van der Waals surface area contributed by atoms with Gasteiger partial charge in [-0.25, -0.2) is 0 Å². The van der Waals surface area contributed by atoms with Gasteiger partial charge >= 0.3 is 0 Å². The van der Waals surface area contributed by atoms with Gasteiger partial charge in [0.2, 0.25) is 0 Å². The number of rotatable bonds is 14. The van der Waals surface area contributed by atoms with E-state index in [0.717, 1.165) is 6.42 Å². The van der Waals surface area contributed by atoms with Crippen molar-refractivity contribution in [3.8, 4) is 0 Å². The number of hydrogen-bond donors (Lipinski definition) is 0. The van der Waals surface area contributed by atoms with Crippen molar-refractivity contribution < 1.29 is 0 Å². The number of unbranched alkanes of at least 4 members (excludes halogenated alkanes) is 10. The Morgan fingerprint density at radius 3 is 1.74 bits per heavy atom. The Balaban J connectivity index is 3.05. The lowest BCUT2D eigenvalue weighted by molar-refractivity contribution is 0.559. The summed E-state index contributed by atoms with van der Waals surface area (Å²) < 4.78 is 0. The van der Waals surface area contributed by atoms with E-state index in [1.165, 1.54) is 77.0 Å². The van der Waals surface area contributed by atoms with Crippen LogP contribution in [0.2, 0.25) is 0 Å². The zero-order valence-electron chi connectivity index (χ0n) is 13.4. The van der Waals surface area contributed by atoms with Crippen LogP contribution in [0, 0.1) is 0 Å². The standard InChI is InChI=1S/C18H36N/c1-3-4-5-6-7-8-9-10-11-12-13-14-15-16-17-18(2)19/h10-11,18-19H,3-9,12-17H2,1-2H3/b11-10+. The first-order chi connectivity index (χ1) is 9.27. The molecule has 113 valence electrons. The molecule has 1 unspecified atom stereocenters. The average Bonchev–Trinajstić information content (AvgIpc) is 2.39. The summed E-state index contributed by atoms with van der Waals surface area (Å²) in [7, 11) is 0. The highest BCUT2D eigenvalue weighted by atomic mass is 14.6. The molecule has 1 heteroatoms. The lowest BCUT2D eigenvalue weighted by Gasteiger charge is -2.02. The Hall–Kier alpha value is -0.300. The highest BCUT2D eigenvalue weighted by molar-refractivity contribution is 4.81. The molecule has 0 fully saturated rings. The van der Waals surface area contributed by atoms with Crippen LogP contribution in [0.1, 0.15) is 97.3 Å². The molecule has 0 heterocycles. The largest absolute Gasteiger partial charge is 0.255 e. The van der Waals surface area contributed by atoms with Gasteiger partial charge in [0, 0.05) is 6.04 Å². The molecule has 19 heavy (non-hydrogen) atoms. The first-order valence-corrected chi connectivity index (χ1v) is 8.63. The SMILES string of the molecule is CCCCCCCC/C=C/CCCCCCC(C)[NH]. The van der Waals surface area contributed by atoms with E-state index in [4.69, 9.17) is 5.73 Å². The molecule has 1 atom stereocenters. The fraction of sp³-hybridized carbons (Fsp3) is 0.889. The van der Waals surface area contributed by atoms with E-state index in [9.17, 15) is 0 Å². The summed E-state index contributed by atoms with van der Waals surface area (Å²) in [4.78, 5) is 0. The van der Waals surface area contributed by atoms with Crippen molar-refractivity contribution in [3.05, 3.63) is 12.2 Å². The van der Waals surface area contributed by atoms with Crippen LogP contribution in [0.25, 0.3) is 0 Å². The fourth-order valence-corrected chi connectivity index (χ4v) is 2.34. The van der Waals surface area contributed by atoms with Crippen molar-refractivity contribution in [1.82, 2.24) is 5.73 Å². The smallest absolute Gasteiger partial charge is 0.0184 e. The highest BCUT2D eigenvalue weighted by Crippen LogP contribution is 2.09. The zero-order valence-corrected chi connectivity index (χ0v) is 13.4. The molecule has 0 aromatic rings. The van der Waals surface area contributed by atoms with Crippen LogP contribution in [-0.2, 0) is 0 Å². The zero-order chi connectivity index (χ0) is 14.2. The minimum Gasteiger partial charge on any atom is -0.255 e. The van der Waals surface area contributed by atoms with Crippen LogP contribution in [0.15, 0.2) is 12.2 Å². The molecule has 1 N–H and O–H groups in total. The van der Waals surface area contributed by atoms with Gasteiger partial charge in [0.15, 0.2) is 0 Å².